The smallest absolute Gasteiger partial charge is 0.342 e. The second-order valence-corrected chi connectivity index (χ2v) is 10.6. The number of carbonyl (C=O) groups excluding carboxylic acids is 3. The molecular formula is C20H24O9. The monoisotopic (exact) mass is 408 g/mol. The van der Waals surface area contributed by atoms with E-state index in [0.29, 0.717) is 6.42 Å². The van der Waals surface area contributed by atoms with Gasteiger partial charge in [-0.05, 0) is 24.7 Å². The van der Waals surface area contributed by atoms with Crippen LogP contribution in [0, 0.1) is 28.1 Å². The van der Waals surface area contributed by atoms with E-state index in [1.54, 1.807) is 0 Å². The van der Waals surface area contributed by atoms with Crippen LogP contribution in [0.15, 0.2) is 0 Å². The molecule has 10 atom stereocenters. The number of hydrogen-bond donors (Lipinski definition) is 2. The topological polar surface area (TPSA) is 129 Å². The molecular weight excluding hydrogens is 384 g/mol. The molecule has 158 valence electrons. The van der Waals surface area contributed by atoms with Gasteiger partial charge in [-0.2, -0.15) is 0 Å². The van der Waals surface area contributed by atoms with Gasteiger partial charge < -0.3 is 29.2 Å². The van der Waals surface area contributed by atoms with E-state index in [0.717, 1.165) is 0 Å². The number of ether oxygens (including phenoxy) is 4. The molecule has 6 fully saturated rings. The van der Waals surface area contributed by atoms with E-state index < -0.39 is 70.5 Å². The molecule has 2 saturated carbocycles. The molecule has 6 rings (SSSR count). The molecule has 29 heavy (non-hydrogen) atoms. The first-order valence-corrected chi connectivity index (χ1v) is 10.1. The number of aliphatic hydroxyl groups is 2. The molecule has 4 saturated heterocycles. The first-order valence-electron chi connectivity index (χ1n) is 10.1. The van der Waals surface area contributed by atoms with Crippen LogP contribution in [0.4, 0.5) is 0 Å². The maximum atomic E-state index is 13.3. The average Bonchev–Trinajstić information content (AvgIpc) is 3.31. The van der Waals surface area contributed by atoms with Gasteiger partial charge in [-0.1, -0.05) is 20.8 Å². The van der Waals surface area contributed by atoms with Crippen molar-refractivity contribution in [2.24, 2.45) is 28.1 Å². The Morgan fingerprint density at radius 1 is 1.03 bits per heavy atom. The third-order valence-corrected chi connectivity index (χ3v) is 8.97. The van der Waals surface area contributed by atoms with Crippen molar-refractivity contribution in [2.75, 3.05) is 0 Å². The zero-order valence-corrected chi connectivity index (χ0v) is 16.6. The Morgan fingerprint density at radius 3 is 2.38 bits per heavy atom. The first-order chi connectivity index (χ1) is 13.4. The molecule has 9 heteroatoms. The second kappa shape index (κ2) is 4.48. The van der Waals surface area contributed by atoms with E-state index in [2.05, 4.69) is 0 Å². The lowest BCUT2D eigenvalue weighted by atomic mass is 9.51. The minimum absolute atomic E-state index is 0.0623. The molecule has 0 aromatic rings. The van der Waals surface area contributed by atoms with Crippen molar-refractivity contribution in [3.8, 4) is 0 Å². The maximum Gasteiger partial charge on any atom is 0.342 e. The summed E-state index contributed by atoms with van der Waals surface area (Å²) in [7, 11) is 0. The molecule has 0 aromatic carbocycles. The number of carbonyl (C=O) groups is 3. The summed E-state index contributed by atoms with van der Waals surface area (Å²) in [5, 5.41) is 23.0. The van der Waals surface area contributed by atoms with E-state index in [1.807, 2.05) is 20.8 Å². The highest BCUT2D eigenvalue weighted by Gasteiger charge is 3.01. The molecule has 0 aromatic heterocycles. The van der Waals surface area contributed by atoms with Gasteiger partial charge in [-0.25, -0.2) is 9.59 Å². The number of fused-ring (bicyclic) bond motifs is 1. The number of hydrogen-bond acceptors (Lipinski definition) is 9. The summed E-state index contributed by atoms with van der Waals surface area (Å²) in [4.78, 5) is 38.1. The summed E-state index contributed by atoms with van der Waals surface area (Å²) < 4.78 is 22.9. The van der Waals surface area contributed by atoms with Crippen LogP contribution in [0.1, 0.15) is 40.5 Å². The highest BCUT2D eigenvalue weighted by atomic mass is 16.8. The van der Waals surface area contributed by atoms with Gasteiger partial charge in [0.1, 0.15) is 12.2 Å². The van der Waals surface area contributed by atoms with Crippen molar-refractivity contribution in [3.63, 3.8) is 0 Å². The van der Waals surface area contributed by atoms with E-state index >= 15 is 0 Å². The van der Waals surface area contributed by atoms with Crippen molar-refractivity contribution < 1.29 is 43.5 Å². The van der Waals surface area contributed by atoms with Crippen LogP contribution in [0.3, 0.4) is 0 Å². The quantitative estimate of drug-likeness (QED) is 0.408. The lowest BCUT2D eigenvalue weighted by molar-refractivity contribution is -0.238. The van der Waals surface area contributed by atoms with Crippen molar-refractivity contribution in [1.82, 2.24) is 0 Å². The summed E-state index contributed by atoms with van der Waals surface area (Å²) in [5.41, 5.74) is -6.81. The molecule has 4 aliphatic heterocycles. The Morgan fingerprint density at radius 2 is 1.72 bits per heavy atom. The van der Waals surface area contributed by atoms with Crippen molar-refractivity contribution in [2.45, 2.75) is 76.3 Å². The molecule has 0 bridgehead atoms. The van der Waals surface area contributed by atoms with Crippen LogP contribution >= 0.6 is 0 Å². The number of esters is 3. The lowest BCUT2D eigenvalue weighted by Crippen LogP contribution is -2.66. The predicted molar refractivity (Wildman–Crippen MR) is 90.6 cm³/mol. The lowest BCUT2D eigenvalue weighted by Gasteiger charge is -2.46. The fraction of sp³-hybridized carbons (Fsp3) is 0.850. The molecule has 0 radical (unpaired) electrons. The van der Waals surface area contributed by atoms with Gasteiger partial charge in [0.2, 0.25) is 11.9 Å². The zero-order valence-electron chi connectivity index (χ0n) is 16.6. The first kappa shape index (κ1) is 18.1. The van der Waals surface area contributed by atoms with E-state index in [-0.39, 0.29) is 17.8 Å². The second-order valence-electron chi connectivity index (χ2n) is 10.6. The number of aliphatic hydroxyl groups excluding tert-OH is 1. The molecule has 0 unspecified atom stereocenters. The maximum absolute atomic E-state index is 13.3. The van der Waals surface area contributed by atoms with Crippen LogP contribution in [0.25, 0.3) is 0 Å². The van der Waals surface area contributed by atoms with Crippen LogP contribution < -0.4 is 0 Å². The molecule has 2 spiro atoms. The fourth-order valence-electron chi connectivity index (χ4n) is 8.06. The molecule has 4 heterocycles. The fourth-order valence-corrected chi connectivity index (χ4v) is 8.06. The third kappa shape index (κ3) is 1.35. The molecule has 2 N–H and O–H groups in total. The van der Waals surface area contributed by atoms with Crippen LogP contribution in [0.5, 0.6) is 0 Å². The van der Waals surface area contributed by atoms with Gasteiger partial charge in [-0.15, -0.1) is 0 Å². The van der Waals surface area contributed by atoms with Gasteiger partial charge in [0.25, 0.3) is 0 Å². The largest absolute Gasteiger partial charge is 0.459 e. The average molecular weight is 408 g/mol. The van der Waals surface area contributed by atoms with Gasteiger partial charge in [0, 0.05) is 6.42 Å². The number of rotatable bonds is 0. The van der Waals surface area contributed by atoms with Gasteiger partial charge in [0.05, 0.1) is 16.7 Å². The van der Waals surface area contributed by atoms with Gasteiger partial charge in [-0.3, -0.25) is 4.79 Å². The molecule has 6 aliphatic rings. The normalized spacial score (nSPS) is 59.2. The Kier molecular flexibility index (Phi) is 2.79. The van der Waals surface area contributed by atoms with Gasteiger partial charge >= 0.3 is 17.9 Å². The van der Waals surface area contributed by atoms with E-state index in [1.165, 1.54) is 6.92 Å². The minimum atomic E-state index is -1.97. The van der Waals surface area contributed by atoms with Crippen LogP contribution in [-0.4, -0.2) is 63.9 Å². The molecule has 2 aliphatic carbocycles. The summed E-state index contributed by atoms with van der Waals surface area (Å²) in [6.45, 7) is 7.47. The Balaban J connectivity index is 1.68. The van der Waals surface area contributed by atoms with E-state index in [4.69, 9.17) is 18.9 Å². The summed E-state index contributed by atoms with van der Waals surface area (Å²) in [6, 6.07) is 0. The van der Waals surface area contributed by atoms with E-state index in [9.17, 15) is 24.6 Å². The van der Waals surface area contributed by atoms with Gasteiger partial charge in [0.15, 0.2) is 11.7 Å². The predicted octanol–water partition coefficient (Wildman–Crippen LogP) is -0.340. The molecule has 0 amide bonds. The highest BCUT2D eigenvalue weighted by molar-refractivity contribution is 5.93. The van der Waals surface area contributed by atoms with Crippen LogP contribution in [0.2, 0.25) is 0 Å². The summed E-state index contributed by atoms with van der Waals surface area (Å²) in [5.74, 6) is -3.52. The standard InChI is InChI=1S/C20H24O9/c1-7-12(22)26-10-6-17-9-5-8(16(2,3)4)18(17)11(21)13(23)28-15(18)29-20(17,14(24)27-9)19(7,10)25/h7-11,15,21,25H,5-6H2,1-4H3/t7-,8+,9-,10+,11+,15+,17+,18+,19-,20+/m1/s1. The zero-order chi connectivity index (χ0) is 20.9. The Labute approximate surface area is 166 Å². The Bertz CT molecular complexity index is 893. The van der Waals surface area contributed by atoms with Crippen molar-refractivity contribution in [1.29, 1.82) is 0 Å². The van der Waals surface area contributed by atoms with Crippen LogP contribution in [-0.2, 0) is 33.3 Å². The van der Waals surface area contributed by atoms with Crippen molar-refractivity contribution >= 4 is 17.9 Å². The highest BCUT2D eigenvalue weighted by Crippen LogP contribution is 2.84. The summed E-state index contributed by atoms with van der Waals surface area (Å²) in [6.07, 6.45) is -3.96. The SMILES string of the molecule is C[C@@H]1C(=O)O[C@H]2C[C@]34[C@H]5C[C@@H](C(C)(C)C)[C@]36[C@@H](OC(=O)[C@@H]6O)O[C@]4(C(=O)O5)[C@]21O. The third-order valence-electron chi connectivity index (χ3n) is 8.97. The molecule has 9 nitrogen and oxygen atoms in total. The Hall–Kier alpha value is -1.71. The van der Waals surface area contributed by atoms with Crippen molar-refractivity contribution in [3.05, 3.63) is 0 Å². The minimum Gasteiger partial charge on any atom is -0.459 e. The summed E-state index contributed by atoms with van der Waals surface area (Å²) >= 11 is 0.